The lowest BCUT2D eigenvalue weighted by atomic mass is 10.00. The highest BCUT2D eigenvalue weighted by molar-refractivity contribution is 6.17. The Balaban J connectivity index is 1.89. The van der Waals surface area contributed by atoms with Crippen LogP contribution in [0.2, 0.25) is 0 Å². The van der Waals surface area contributed by atoms with Gasteiger partial charge in [0.15, 0.2) is 5.78 Å². The number of hydrogen-bond acceptors (Lipinski definition) is 5. The topological polar surface area (TPSA) is 86.7 Å². The zero-order chi connectivity index (χ0) is 16.4. The molecule has 0 aromatic heterocycles. The van der Waals surface area contributed by atoms with Crippen molar-refractivity contribution in [2.24, 2.45) is 0 Å². The molecular formula is C17H18N2O4. The Morgan fingerprint density at radius 2 is 1.91 bits per heavy atom. The Labute approximate surface area is 133 Å². The predicted octanol–water partition coefficient (Wildman–Crippen LogP) is 1.25. The maximum atomic E-state index is 12.2. The number of carbonyl (C=O) groups is 3. The Morgan fingerprint density at radius 1 is 1.13 bits per heavy atom. The van der Waals surface area contributed by atoms with Gasteiger partial charge in [0.25, 0.3) is 11.8 Å². The highest BCUT2D eigenvalue weighted by Crippen LogP contribution is 2.29. The van der Waals surface area contributed by atoms with Crippen molar-refractivity contribution in [1.29, 1.82) is 0 Å². The summed E-state index contributed by atoms with van der Waals surface area (Å²) in [6, 6.07) is 5.39. The Hall–Kier alpha value is -2.47. The quantitative estimate of drug-likeness (QED) is 0.645. The van der Waals surface area contributed by atoms with Gasteiger partial charge in [-0.2, -0.15) is 0 Å². The first-order valence-corrected chi connectivity index (χ1v) is 7.72. The summed E-state index contributed by atoms with van der Waals surface area (Å²) in [6.07, 6.45) is 4.31. The molecule has 2 N–H and O–H groups in total. The zero-order valence-electron chi connectivity index (χ0n) is 12.7. The monoisotopic (exact) mass is 314 g/mol. The maximum absolute atomic E-state index is 12.2. The van der Waals surface area contributed by atoms with Crippen molar-refractivity contribution in [1.82, 2.24) is 4.90 Å². The van der Waals surface area contributed by atoms with Crippen molar-refractivity contribution in [2.75, 3.05) is 18.5 Å². The van der Waals surface area contributed by atoms with E-state index in [0.717, 1.165) is 29.7 Å². The molecule has 6 nitrogen and oxygen atoms in total. The minimum absolute atomic E-state index is 0.0231. The molecule has 0 unspecified atom stereocenters. The first-order valence-electron chi connectivity index (χ1n) is 7.72. The lowest BCUT2D eigenvalue weighted by Gasteiger charge is -2.16. The molecule has 1 aromatic rings. The SMILES string of the molecule is O=C1CCCCc2c(NC3=CC(=O)N(CCO)C3=O)cccc21. The van der Waals surface area contributed by atoms with E-state index >= 15 is 0 Å². The van der Waals surface area contributed by atoms with E-state index in [0.29, 0.717) is 17.7 Å². The number of nitrogens with one attached hydrogen (secondary N) is 1. The summed E-state index contributed by atoms with van der Waals surface area (Å²) in [5.74, 6) is -0.780. The van der Waals surface area contributed by atoms with Crippen LogP contribution in [0.4, 0.5) is 5.69 Å². The standard InChI is InChI=1S/C17H18N2O4/c20-9-8-19-16(22)10-14(17(19)23)18-13-6-3-5-12-11(13)4-1-2-7-15(12)21/h3,5-6,10,18,20H,1-2,4,7-9H2. The number of Topliss-reactive ketones (excluding diaryl/α,β-unsaturated/α-hetero) is 1. The molecule has 3 rings (SSSR count). The number of anilines is 1. The van der Waals surface area contributed by atoms with Crippen LogP contribution in [-0.2, 0) is 16.0 Å². The molecule has 2 amide bonds. The summed E-state index contributed by atoms with van der Waals surface area (Å²) in [6.45, 7) is -0.293. The number of β-amino-alcohol motifs (C(OH)–C–C–N with tert-alkyl or cyclic N) is 1. The van der Waals surface area contributed by atoms with E-state index in [1.807, 2.05) is 12.1 Å². The first-order chi connectivity index (χ1) is 11.1. The van der Waals surface area contributed by atoms with Gasteiger partial charge in [0.2, 0.25) is 0 Å². The molecule has 0 spiro atoms. The molecule has 1 heterocycles. The van der Waals surface area contributed by atoms with Gasteiger partial charge in [-0.1, -0.05) is 12.1 Å². The number of amides is 2. The van der Waals surface area contributed by atoms with E-state index in [9.17, 15) is 14.4 Å². The van der Waals surface area contributed by atoms with Crippen LogP contribution in [0.15, 0.2) is 30.0 Å². The fraction of sp³-hybridized carbons (Fsp3) is 0.353. The lowest BCUT2D eigenvalue weighted by molar-refractivity contribution is -0.137. The van der Waals surface area contributed by atoms with E-state index in [4.69, 9.17) is 5.11 Å². The molecule has 0 radical (unpaired) electrons. The second-order valence-electron chi connectivity index (χ2n) is 5.66. The summed E-state index contributed by atoms with van der Waals surface area (Å²) in [4.78, 5) is 37.1. The third-order valence-electron chi connectivity index (χ3n) is 4.16. The third kappa shape index (κ3) is 2.90. The van der Waals surface area contributed by atoms with E-state index in [1.165, 1.54) is 6.08 Å². The number of benzene rings is 1. The highest BCUT2D eigenvalue weighted by atomic mass is 16.3. The van der Waals surface area contributed by atoms with E-state index in [2.05, 4.69) is 5.32 Å². The highest BCUT2D eigenvalue weighted by Gasteiger charge is 2.31. The van der Waals surface area contributed by atoms with Crippen LogP contribution in [-0.4, -0.2) is 40.8 Å². The first kappa shape index (κ1) is 15.4. The molecule has 1 aromatic carbocycles. The van der Waals surface area contributed by atoms with E-state index < -0.39 is 11.8 Å². The number of hydrogen-bond donors (Lipinski definition) is 2. The Bertz CT molecular complexity index is 709. The number of nitrogens with zero attached hydrogens (tertiary/aromatic N) is 1. The molecule has 0 bridgehead atoms. The van der Waals surface area contributed by atoms with Crippen molar-refractivity contribution >= 4 is 23.3 Å². The molecule has 120 valence electrons. The Kier molecular flexibility index (Phi) is 4.25. The molecule has 2 aliphatic rings. The molecule has 0 fully saturated rings. The number of aliphatic hydroxyl groups is 1. The van der Waals surface area contributed by atoms with Gasteiger partial charge in [-0.05, 0) is 30.9 Å². The summed E-state index contributed by atoms with van der Waals surface area (Å²) < 4.78 is 0. The molecule has 0 saturated heterocycles. The van der Waals surface area contributed by atoms with Gasteiger partial charge in [0.1, 0.15) is 5.70 Å². The lowest BCUT2D eigenvalue weighted by Crippen LogP contribution is -2.34. The van der Waals surface area contributed by atoms with Crippen LogP contribution in [0.3, 0.4) is 0 Å². The van der Waals surface area contributed by atoms with Crippen LogP contribution in [0.1, 0.15) is 35.2 Å². The molecule has 1 aliphatic carbocycles. The molecule has 6 heteroatoms. The maximum Gasteiger partial charge on any atom is 0.277 e. The molecular weight excluding hydrogens is 296 g/mol. The van der Waals surface area contributed by atoms with Crippen molar-refractivity contribution < 1.29 is 19.5 Å². The summed E-state index contributed by atoms with van der Waals surface area (Å²) in [5, 5.41) is 11.9. The second-order valence-corrected chi connectivity index (χ2v) is 5.66. The average Bonchev–Trinajstić information content (AvgIpc) is 2.71. The number of imide groups is 1. The van der Waals surface area contributed by atoms with E-state index in [-0.39, 0.29) is 24.6 Å². The van der Waals surface area contributed by atoms with Crippen LogP contribution in [0.25, 0.3) is 0 Å². The minimum Gasteiger partial charge on any atom is -0.395 e. The number of carbonyl (C=O) groups excluding carboxylic acids is 3. The van der Waals surface area contributed by atoms with Crippen molar-refractivity contribution in [3.05, 3.63) is 41.1 Å². The van der Waals surface area contributed by atoms with Gasteiger partial charge in [0.05, 0.1) is 13.2 Å². The fourth-order valence-corrected chi connectivity index (χ4v) is 3.01. The van der Waals surface area contributed by atoms with Gasteiger partial charge in [0, 0.05) is 23.7 Å². The van der Waals surface area contributed by atoms with E-state index in [1.54, 1.807) is 6.07 Å². The second kappa shape index (κ2) is 6.34. The van der Waals surface area contributed by atoms with Crippen molar-refractivity contribution in [3.63, 3.8) is 0 Å². The molecule has 1 aliphatic heterocycles. The Morgan fingerprint density at radius 3 is 2.70 bits per heavy atom. The van der Waals surface area contributed by atoms with Crippen molar-refractivity contribution in [2.45, 2.75) is 25.7 Å². The molecule has 23 heavy (non-hydrogen) atoms. The predicted molar refractivity (Wildman–Crippen MR) is 83.8 cm³/mol. The van der Waals surface area contributed by atoms with Crippen molar-refractivity contribution in [3.8, 4) is 0 Å². The summed E-state index contributed by atoms with van der Waals surface area (Å²) in [5.41, 5.74) is 2.46. The van der Waals surface area contributed by atoms with Gasteiger partial charge in [-0.3, -0.25) is 19.3 Å². The average molecular weight is 314 g/mol. The van der Waals surface area contributed by atoms with Crippen LogP contribution in [0, 0.1) is 0 Å². The third-order valence-corrected chi connectivity index (χ3v) is 4.16. The normalized spacial score (nSPS) is 17.9. The number of fused-ring (bicyclic) bond motifs is 1. The van der Waals surface area contributed by atoms with Crippen LogP contribution < -0.4 is 5.32 Å². The summed E-state index contributed by atoms with van der Waals surface area (Å²) >= 11 is 0. The van der Waals surface area contributed by atoms with Crippen LogP contribution in [0.5, 0.6) is 0 Å². The fourth-order valence-electron chi connectivity index (χ4n) is 3.01. The molecule has 0 saturated carbocycles. The van der Waals surface area contributed by atoms with Gasteiger partial charge >= 0.3 is 0 Å². The number of aliphatic hydroxyl groups excluding tert-OH is 1. The minimum atomic E-state index is -0.457. The smallest absolute Gasteiger partial charge is 0.277 e. The largest absolute Gasteiger partial charge is 0.395 e. The summed E-state index contributed by atoms with van der Waals surface area (Å²) in [7, 11) is 0. The number of ketones is 1. The van der Waals surface area contributed by atoms with Crippen LogP contribution >= 0.6 is 0 Å². The van der Waals surface area contributed by atoms with Gasteiger partial charge in [-0.25, -0.2) is 0 Å². The number of rotatable bonds is 4. The van der Waals surface area contributed by atoms with Gasteiger partial charge < -0.3 is 10.4 Å². The molecule has 0 atom stereocenters. The van der Waals surface area contributed by atoms with Gasteiger partial charge in [-0.15, -0.1) is 0 Å². The zero-order valence-corrected chi connectivity index (χ0v) is 12.7.